The van der Waals surface area contributed by atoms with Gasteiger partial charge in [0.2, 0.25) is 0 Å². The maximum Gasteiger partial charge on any atom is 0.264 e. The summed E-state index contributed by atoms with van der Waals surface area (Å²) < 4.78 is 0. The second-order valence-corrected chi connectivity index (χ2v) is 9.04. The second-order valence-electron chi connectivity index (χ2n) is 8.12. The smallest absolute Gasteiger partial charge is 0.264 e. The first-order valence-corrected chi connectivity index (χ1v) is 10.9. The molecule has 0 radical (unpaired) electrons. The van der Waals surface area contributed by atoms with Gasteiger partial charge in [0.1, 0.15) is 12.1 Å². The predicted molar refractivity (Wildman–Crippen MR) is 115 cm³/mol. The van der Waals surface area contributed by atoms with Crippen LogP contribution in [-0.4, -0.2) is 45.1 Å². The number of aromatic nitrogens is 3. The zero-order chi connectivity index (χ0) is 21.3. The maximum absolute atomic E-state index is 13.3. The number of nitriles is 1. The van der Waals surface area contributed by atoms with Crippen LogP contribution < -0.4 is 0 Å². The number of ketones is 1. The molecule has 3 aromatic heterocycles. The summed E-state index contributed by atoms with van der Waals surface area (Å²) in [6, 6.07) is 3.73. The third-order valence-electron chi connectivity index (χ3n) is 5.89. The Bertz CT molecular complexity index is 1150. The van der Waals surface area contributed by atoms with E-state index in [-0.39, 0.29) is 23.7 Å². The van der Waals surface area contributed by atoms with Gasteiger partial charge in [0.25, 0.3) is 5.91 Å². The van der Waals surface area contributed by atoms with Crippen LogP contribution in [-0.2, 0) is 0 Å². The highest BCUT2D eigenvalue weighted by atomic mass is 32.1. The van der Waals surface area contributed by atoms with Crippen LogP contribution in [0.15, 0.2) is 23.8 Å². The third-order valence-corrected chi connectivity index (χ3v) is 6.81. The van der Waals surface area contributed by atoms with Crippen molar-refractivity contribution < 1.29 is 9.59 Å². The van der Waals surface area contributed by atoms with Crippen molar-refractivity contribution in [3.63, 3.8) is 0 Å². The number of aromatic amines is 1. The standard InChI is InChI=1S/C22H23N5O2S/c1-22(6-4-3-5-7-22)19(28)15-11-24-20-18(15)26-16(12-25-20)14-10-17(30-13-14)21(29)27(2)9-8-23/h10-13H,3-7,9H2,1-2H3,(H,24,25). The summed E-state index contributed by atoms with van der Waals surface area (Å²) in [5.41, 5.74) is 2.78. The molecule has 1 saturated carbocycles. The second kappa shape index (κ2) is 8.00. The monoisotopic (exact) mass is 421 g/mol. The molecule has 30 heavy (non-hydrogen) atoms. The van der Waals surface area contributed by atoms with Crippen molar-refractivity contribution in [2.24, 2.45) is 5.41 Å². The maximum atomic E-state index is 13.3. The first-order chi connectivity index (χ1) is 14.4. The highest BCUT2D eigenvalue weighted by molar-refractivity contribution is 7.12. The molecule has 0 bridgehead atoms. The van der Waals surface area contributed by atoms with Crippen molar-refractivity contribution in [1.29, 1.82) is 5.26 Å². The number of carbonyl (C=O) groups is 2. The predicted octanol–water partition coefficient (Wildman–Crippen LogP) is 4.44. The molecule has 7 nitrogen and oxygen atoms in total. The fourth-order valence-electron chi connectivity index (χ4n) is 4.04. The van der Waals surface area contributed by atoms with E-state index in [0.29, 0.717) is 27.3 Å². The van der Waals surface area contributed by atoms with Crippen LogP contribution in [0, 0.1) is 16.7 Å². The van der Waals surface area contributed by atoms with Crippen molar-refractivity contribution in [2.45, 2.75) is 39.0 Å². The summed E-state index contributed by atoms with van der Waals surface area (Å²) in [5.74, 6) is -0.0798. The quantitative estimate of drug-likeness (QED) is 0.485. The molecule has 1 N–H and O–H groups in total. The molecule has 3 heterocycles. The minimum absolute atomic E-state index is 0.0332. The first kappa shape index (κ1) is 20.2. The summed E-state index contributed by atoms with van der Waals surface area (Å²) in [5, 5.41) is 10.6. The van der Waals surface area contributed by atoms with Crippen LogP contribution in [0.2, 0.25) is 0 Å². The SMILES string of the molecule is CN(CC#N)C(=O)c1cc(-c2cnc3[nH]cc(C(=O)C4(C)CCCCC4)c3n2)cs1. The van der Waals surface area contributed by atoms with Crippen molar-refractivity contribution in [3.05, 3.63) is 34.3 Å². The molecule has 8 heteroatoms. The molecule has 0 aromatic carbocycles. The molecule has 0 aliphatic heterocycles. The number of carbonyl (C=O) groups excluding carboxylic acids is 2. The van der Waals surface area contributed by atoms with E-state index in [0.717, 1.165) is 31.2 Å². The van der Waals surface area contributed by atoms with Gasteiger partial charge < -0.3 is 9.88 Å². The number of amides is 1. The Morgan fingerprint density at radius 1 is 1.33 bits per heavy atom. The summed E-state index contributed by atoms with van der Waals surface area (Å²) in [7, 11) is 1.60. The molecule has 0 saturated heterocycles. The van der Waals surface area contributed by atoms with E-state index in [9.17, 15) is 9.59 Å². The molecule has 1 aliphatic carbocycles. The van der Waals surface area contributed by atoms with Gasteiger partial charge >= 0.3 is 0 Å². The summed E-state index contributed by atoms with van der Waals surface area (Å²) in [4.78, 5) is 39.9. The molecule has 1 amide bonds. The topological polar surface area (TPSA) is 103 Å². The molecule has 0 spiro atoms. The van der Waals surface area contributed by atoms with Crippen molar-refractivity contribution >= 4 is 34.2 Å². The van der Waals surface area contributed by atoms with Gasteiger partial charge in [0.15, 0.2) is 11.4 Å². The Kier molecular flexibility index (Phi) is 5.39. The molecule has 4 rings (SSSR count). The molecule has 0 unspecified atom stereocenters. The van der Waals surface area contributed by atoms with Gasteiger partial charge in [-0.05, 0) is 18.9 Å². The lowest BCUT2D eigenvalue weighted by Gasteiger charge is -2.31. The van der Waals surface area contributed by atoms with E-state index < -0.39 is 0 Å². The van der Waals surface area contributed by atoms with Crippen LogP contribution in [0.3, 0.4) is 0 Å². The van der Waals surface area contributed by atoms with E-state index in [1.807, 2.05) is 11.4 Å². The lowest BCUT2D eigenvalue weighted by molar-refractivity contribution is 0.0750. The number of rotatable bonds is 5. The summed E-state index contributed by atoms with van der Waals surface area (Å²) in [6.45, 7) is 2.09. The van der Waals surface area contributed by atoms with Gasteiger partial charge in [-0.1, -0.05) is 26.2 Å². The number of nitrogens with zero attached hydrogens (tertiary/aromatic N) is 4. The number of nitrogens with one attached hydrogen (secondary N) is 1. The van der Waals surface area contributed by atoms with Gasteiger partial charge in [0, 0.05) is 29.6 Å². The molecule has 154 valence electrons. The minimum atomic E-state index is -0.349. The van der Waals surface area contributed by atoms with Gasteiger partial charge in [-0.25, -0.2) is 9.97 Å². The number of thiophene rings is 1. The minimum Gasteiger partial charge on any atom is -0.344 e. The lowest BCUT2D eigenvalue weighted by atomic mass is 9.71. The first-order valence-electron chi connectivity index (χ1n) is 10.0. The molecule has 1 aliphatic rings. The molecule has 1 fully saturated rings. The van der Waals surface area contributed by atoms with E-state index in [1.165, 1.54) is 22.7 Å². The normalized spacial score (nSPS) is 15.6. The van der Waals surface area contributed by atoms with E-state index in [4.69, 9.17) is 10.2 Å². The fraction of sp³-hybridized carbons (Fsp3) is 0.409. The molecule has 3 aromatic rings. The van der Waals surface area contributed by atoms with Crippen molar-refractivity contribution in [3.8, 4) is 17.3 Å². The molecular formula is C22H23N5O2S. The number of Topliss-reactive ketones (excluding diaryl/α,β-unsaturated/α-hetero) is 1. The lowest BCUT2D eigenvalue weighted by Crippen LogP contribution is -2.30. The van der Waals surface area contributed by atoms with Gasteiger partial charge in [-0.15, -0.1) is 11.3 Å². The highest BCUT2D eigenvalue weighted by Crippen LogP contribution is 2.39. The number of H-pyrrole nitrogens is 1. The summed E-state index contributed by atoms with van der Waals surface area (Å²) >= 11 is 1.30. The largest absolute Gasteiger partial charge is 0.344 e. The number of fused-ring (bicyclic) bond motifs is 1. The number of hydrogen-bond donors (Lipinski definition) is 1. The third kappa shape index (κ3) is 3.61. The zero-order valence-corrected chi connectivity index (χ0v) is 17.9. The Hall–Kier alpha value is -3.05. The Labute approximate surface area is 178 Å². The van der Waals surface area contributed by atoms with Gasteiger partial charge in [-0.3, -0.25) is 9.59 Å². The Morgan fingerprint density at radius 2 is 2.10 bits per heavy atom. The van der Waals surface area contributed by atoms with Crippen LogP contribution in [0.25, 0.3) is 22.4 Å². The van der Waals surface area contributed by atoms with Crippen molar-refractivity contribution in [2.75, 3.05) is 13.6 Å². The molecule has 0 atom stereocenters. The summed E-state index contributed by atoms with van der Waals surface area (Å²) in [6.07, 6.45) is 8.50. The van der Waals surface area contributed by atoms with E-state index in [1.54, 1.807) is 25.5 Å². The highest BCUT2D eigenvalue weighted by Gasteiger charge is 2.36. The Morgan fingerprint density at radius 3 is 2.83 bits per heavy atom. The fourth-order valence-corrected chi connectivity index (χ4v) is 4.93. The van der Waals surface area contributed by atoms with Crippen LogP contribution >= 0.6 is 11.3 Å². The Balaban J connectivity index is 1.66. The average Bonchev–Trinajstić information content (AvgIpc) is 3.40. The number of hydrogen-bond acceptors (Lipinski definition) is 6. The van der Waals surface area contributed by atoms with Crippen LogP contribution in [0.5, 0.6) is 0 Å². The van der Waals surface area contributed by atoms with E-state index >= 15 is 0 Å². The molecular weight excluding hydrogens is 398 g/mol. The van der Waals surface area contributed by atoms with Crippen molar-refractivity contribution in [1.82, 2.24) is 19.9 Å². The van der Waals surface area contributed by atoms with Crippen LogP contribution in [0.4, 0.5) is 0 Å². The zero-order valence-electron chi connectivity index (χ0n) is 17.1. The van der Waals surface area contributed by atoms with Gasteiger partial charge in [-0.2, -0.15) is 5.26 Å². The van der Waals surface area contributed by atoms with Gasteiger partial charge in [0.05, 0.1) is 28.4 Å². The van der Waals surface area contributed by atoms with Crippen LogP contribution in [0.1, 0.15) is 59.1 Å². The average molecular weight is 422 g/mol. The van der Waals surface area contributed by atoms with E-state index in [2.05, 4.69) is 16.9 Å².